The molecule has 0 spiro atoms. The third kappa shape index (κ3) is 4.55. The summed E-state index contributed by atoms with van der Waals surface area (Å²) >= 11 is 1.50. The summed E-state index contributed by atoms with van der Waals surface area (Å²) in [5, 5.41) is 18.6. The van der Waals surface area contributed by atoms with E-state index in [9.17, 15) is 10.1 Å². The molecule has 0 radical (unpaired) electrons. The number of hydrogen-bond donors (Lipinski definition) is 1. The van der Waals surface area contributed by atoms with Gasteiger partial charge in [-0.15, -0.1) is 0 Å². The van der Waals surface area contributed by atoms with Crippen LogP contribution in [0.25, 0.3) is 16.6 Å². The van der Waals surface area contributed by atoms with E-state index in [1.807, 2.05) is 52.4 Å². The highest BCUT2D eigenvalue weighted by molar-refractivity contribution is 7.99. The van der Waals surface area contributed by atoms with Gasteiger partial charge in [-0.1, -0.05) is 23.9 Å². The first kappa shape index (κ1) is 23.9. The number of fused-ring (bicyclic) bond motifs is 1. The normalized spacial score (nSPS) is 15.2. The van der Waals surface area contributed by atoms with Gasteiger partial charge in [0.05, 0.1) is 29.7 Å². The molecule has 2 N–H and O–H groups in total. The van der Waals surface area contributed by atoms with E-state index >= 15 is 0 Å². The van der Waals surface area contributed by atoms with Gasteiger partial charge >= 0.3 is 0 Å². The highest BCUT2D eigenvalue weighted by Crippen LogP contribution is 2.38. The largest absolute Gasteiger partial charge is 0.396 e. The Morgan fingerprint density at radius 1 is 1.17 bits per heavy atom. The van der Waals surface area contributed by atoms with Crippen molar-refractivity contribution < 1.29 is 9.53 Å². The predicted octanol–water partition coefficient (Wildman–Crippen LogP) is 4.00. The lowest BCUT2D eigenvalue weighted by atomic mass is 10.0. The number of carbonyl (C=O) groups is 1. The Bertz CT molecular complexity index is 1450. The Morgan fingerprint density at radius 2 is 1.94 bits per heavy atom. The number of benzene rings is 1. The number of aromatic nitrogens is 4. The maximum atomic E-state index is 12.4. The fourth-order valence-corrected chi connectivity index (χ4v) is 5.61. The molecule has 184 valence electrons. The molecule has 1 aromatic carbocycles. The molecule has 1 fully saturated rings. The zero-order chi connectivity index (χ0) is 25.2. The van der Waals surface area contributed by atoms with Gasteiger partial charge in [-0.25, -0.2) is 4.52 Å². The minimum atomic E-state index is -0.420. The number of piperidine rings is 1. The molecule has 4 heterocycles. The Balaban J connectivity index is 1.40. The van der Waals surface area contributed by atoms with Gasteiger partial charge in [0, 0.05) is 53.5 Å². The van der Waals surface area contributed by atoms with Crippen LogP contribution in [0.2, 0.25) is 0 Å². The maximum Gasteiger partial charge on any atom is 0.251 e. The third-order valence-electron chi connectivity index (χ3n) is 6.62. The van der Waals surface area contributed by atoms with Crippen LogP contribution in [0.4, 0.5) is 5.69 Å². The second-order valence-corrected chi connectivity index (χ2v) is 9.92. The van der Waals surface area contributed by atoms with E-state index in [1.165, 1.54) is 11.8 Å². The van der Waals surface area contributed by atoms with Crippen LogP contribution in [-0.4, -0.2) is 56.5 Å². The number of carbonyl (C=O) groups excluding carboxylic acids is 1. The number of likely N-dealkylation sites (tertiary alicyclic amines) is 1. The van der Waals surface area contributed by atoms with Crippen molar-refractivity contribution in [1.29, 1.82) is 5.26 Å². The fraction of sp³-hybridized carbons (Fsp3) is 0.308. The molecule has 1 saturated heterocycles. The molecule has 5 rings (SSSR count). The van der Waals surface area contributed by atoms with Crippen molar-refractivity contribution in [1.82, 2.24) is 24.3 Å². The Kier molecular flexibility index (Phi) is 6.67. The number of pyridine rings is 1. The van der Waals surface area contributed by atoms with Gasteiger partial charge < -0.3 is 15.4 Å². The van der Waals surface area contributed by atoms with Crippen molar-refractivity contribution in [3.8, 4) is 17.2 Å². The van der Waals surface area contributed by atoms with Crippen LogP contribution >= 0.6 is 11.8 Å². The summed E-state index contributed by atoms with van der Waals surface area (Å²) in [6, 6.07) is 12.1. The summed E-state index contributed by atoms with van der Waals surface area (Å²) in [4.78, 5) is 16.1. The van der Waals surface area contributed by atoms with Crippen molar-refractivity contribution in [2.75, 3.05) is 25.9 Å². The molecule has 3 aromatic heterocycles. The summed E-state index contributed by atoms with van der Waals surface area (Å²) < 4.78 is 8.95. The third-order valence-corrected chi connectivity index (χ3v) is 7.73. The van der Waals surface area contributed by atoms with Crippen LogP contribution < -0.4 is 5.73 Å². The average Bonchev–Trinajstić information content (AvgIpc) is 3.55. The predicted molar refractivity (Wildman–Crippen MR) is 137 cm³/mol. The van der Waals surface area contributed by atoms with Gasteiger partial charge in [-0.05, 0) is 38.0 Å². The zero-order valence-corrected chi connectivity index (χ0v) is 21.0. The van der Waals surface area contributed by atoms with Gasteiger partial charge in [0.15, 0.2) is 0 Å². The highest BCUT2D eigenvalue weighted by Gasteiger charge is 2.27. The van der Waals surface area contributed by atoms with Crippen LogP contribution in [0, 0.1) is 11.3 Å². The number of nitrogens with zero attached hydrogens (tertiary/aromatic N) is 6. The van der Waals surface area contributed by atoms with Gasteiger partial charge in [-0.3, -0.25) is 9.48 Å². The first-order chi connectivity index (χ1) is 17.5. The van der Waals surface area contributed by atoms with E-state index in [1.54, 1.807) is 24.7 Å². The lowest BCUT2D eigenvalue weighted by Crippen LogP contribution is -2.43. The minimum absolute atomic E-state index is 0.0342. The van der Waals surface area contributed by atoms with Crippen LogP contribution in [0.1, 0.15) is 31.4 Å². The molecular formula is C26H27N7O2S. The van der Waals surface area contributed by atoms with Crippen LogP contribution in [0.3, 0.4) is 0 Å². The molecule has 36 heavy (non-hydrogen) atoms. The molecule has 1 aliphatic rings. The summed E-state index contributed by atoms with van der Waals surface area (Å²) in [6.07, 6.45) is 8.75. The van der Waals surface area contributed by atoms with Crippen LogP contribution in [0.5, 0.6) is 0 Å². The SMILES string of the molecule is CO[C@H](C)C(=O)N1CCC(n2cc(-c3cc(Sc4ccccc4C#N)c4c(N)cnn4c3)cn2)CC1. The van der Waals surface area contributed by atoms with Gasteiger partial charge in [0.25, 0.3) is 5.91 Å². The van der Waals surface area contributed by atoms with E-state index in [0.29, 0.717) is 24.3 Å². The number of methoxy groups -OCH3 is 1. The van der Waals surface area contributed by atoms with Crippen molar-refractivity contribution in [3.05, 3.63) is 60.7 Å². The number of nitrogen functional groups attached to an aromatic ring is 1. The fourth-order valence-electron chi connectivity index (χ4n) is 4.50. The summed E-state index contributed by atoms with van der Waals surface area (Å²) in [5.41, 5.74) is 10.2. The molecular weight excluding hydrogens is 474 g/mol. The molecule has 1 aliphatic heterocycles. The molecule has 0 bridgehead atoms. The zero-order valence-electron chi connectivity index (χ0n) is 20.2. The Labute approximate surface area is 213 Å². The molecule has 0 unspecified atom stereocenters. The number of amides is 1. The standard InChI is InChI=1S/C26H27N7O2S/c1-17(35-2)26(34)31-9-7-21(8-10-31)32-16-20(13-29-32)19-11-24(25-22(28)14-30-33(25)15-19)36-23-6-4-3-5-18(23)12-27/h3-6,11,13-17,21H,7-10,28H2,1-2H3/t17-/m1/s1. The van der Waals surface area contributed by atoms with E-state index in [0.717, 1.165) is 39.3 Å². The molecule has 4 aromatic rings. The number of ether oxygens (including phenoxy) is 1. The average molecular weight is 502 g/mol. The van der Waals surface area contributed by atoms with Crippen molar-refractivity contribution in [3.63, 3.8) is 0 Å². The maximum absolute atomic E-state index is 12.4. The summed E-state index contributed by atoms with van der Waals surface area (Å²) in [5.74, 6) is 0.0342. The highest BCUT2D eigenvalue weighted by atomic mass is 32.2. The molecule has 10 heteroatoms. The van der Waals surface area contributed by atoms with E-state index in [2.05, 4.69) is 22.3 Å². The van der Waals surface area contributed by atoms with Crippen LogP contribution in [-0.2, 0) is 9.53 Å². The van der Waals surface area contributed by atoms with Crippen LogP contribution in [0.15, 0.2) is 64.9 Å². The monoisotopic (exact) mass is 501 g/mol. The first-order valence-corrected chi connectivity index (χ1v) is 12.6. The molecule has 9 nitrogen and oxygen atoms in total. The number of hydrogen-bond acceptors (Lipinski definition) is 7. The van der Waals surface area contributed by atoms with E-state index in [4.69, 9.17) is 10.5 Å². The van der Waals surface area contributed by atoms with Gasteiger partial charge in [-0.2, -0.15) is 15.5 Å². The van der Waals surface area contributed by atoms with E-state index < -0.39 is 6.10 Å². The Morgan fingerprint density at radius 3 is 2.69 bits per heavy atom. The number of nitrogens with two attached hydrogens (primary N) is 1. The second kappa shape index (κ2) is 10.0. The minimum Gasteiger partial charge on any atom is -0.396 e. The molecule has 1 amide bonds. The summed E-state index contributed by atoms with van der Waals surface area (Å²) in [6.45, 7) is 3.15. The lowest BCUT2D eigenvalue weighted by Gasteiger charge is -2.33. The van der Waals surface area contributed by atoms with E-state index in [-0.39, 0.29) is 11.9 Å². The number of rotatable bonds is 6. The van der Waals surface area contributed by atoms with Gasteiger partial charge in [0.1, 0.15) is 17.7 Å². The number of nitriles is 1. The first-order valence-electron chi connectivity index (χ1n) is 11.8. The second-order valence-electron chi connectivity index (χ2n) is 8.84. The summed E-state index contributed by atoms with van der Waals surface area (Å²) in [7, 11) is 1.56. The Hall–Kier alpha value is -3.81. The van der Waals surface area contributed by atoms with Crippen molar-refractivity contribution in [2.24, 2.45) is 0 Å². The van der Waals surface area contributed by atoms with Crippen molar-refractivity contribution in [2.45, 2.75) is 41.7 Å². The molecule has 0 saturated carbocycles. The topological polar surface area (TPSA) is 114 Å². The smallest absolute Gasteiger partial charge is 0.251 e. The van der Waals surface area contributed by atoms with Crippen molar-refractivity contribution >= 4 is 28.9 Å². The molecule has 0 aliphatic carbocycles. The number of anilines is 1. The quantitative estimate of drug-likeness (QED) is 0.425. The lowest BCUT2D eigenvalue weighted by molar-refractivity contribution is -0.142. The van der Waals surface area contributed by atoms with Gasteiger partial charge in [0.2, 0.25) is 0 Å². The molecule has 1 atom stereocenters.